The van der Waals surface area contributed by atoms with Gasteiger partial charge in [-0.05, 0) is 36.0 Å². The van der Waals surface area contributed by atoms with E-state index in [0.29, 0.717) is 11.8 Å². The van der Waals surface area contributed by atoms with Crippen LogP contribution in [0.25, 0.3) is 0 Å². The summed E-state index contributed by atoms with van der Waals surface area (Å²) in [7, 11) is 0. The first-order valence-corrected chi connectivity index (χ1v) is 5.70. The molecule has 82 valence electrons. The molecule has 0 amide bonds. The zero-order chi connectivity index (χ0) is 11.0. The number of hydrogen-bond donors (Lipinski definition) is 1. The lowest BCUT2D eigenvalue weighted by atomic mass is 10.0. The zero-order valence-corrected chi connectivity index (χ0v) is 9.04. The van der Waals surface area contributed by atoms with Crippen molar-refractivity contribution in [1.29, 1.82) is 0 Å². The number of benzene rings is 1. The van der Waals surface area contributed by atoms with Crippen LogP contribution in [-0.2, 0) is 0 Å². The molecule has 0 aliphatic heterocycles. The van der Waals surface area contributed by atoms with Gasteiger partial charge in [0.15, 0.2) is 0 Å². The highest BCUT2D eigenvalue weighted by Gasteiger charge is 2.43. The molecule has 1 heterocycles. The van der Waals surface area contributed by atoms with Gasteiger partial charge >= 0.3 is 0 Å². The average molecular weight is 213 g/mol. The molecule has 16 heavy (non-hydrogen) atoms. The highest BCUT2D eigenvalue weighted by Crippen LogP contribution is 2.53. The van der Waals surface area contributed by atoms with E-state index in [0.717, 1.165) is 5.76 Å². The van der Waals surface area contributed by atoms with Crippen LogP contribution in [0.1, 0.15) is 29.7 Å². The van der Waals surface area contributed by atoms with Gasteiger partial charge in [-0.25, -0.2) is 0 Å². The van der Waals surface area contributed by atoms with Gasteiger partial charge in [-0.2, -0.15) is 0 Å². The van der Waals surface area contributed by atoms with Crippen LogP contribution >= 0.6 is 0 Å². The molecule has 1 fully saturated rings. The maximum atomic E-state index is 6.18. The Balaban J connectivity index is 1.73. The summed E-state index contributed by atoms with van der Waals surface area (Å²) >= 11 is 0. The van der Waals surface area contributed by atoms with Crippen LogP contribution in [0.5, 0.6) is 0 Å². The summed E-state index contributed by atoms with van der Waals surface area (Å²) in [6.07, 6.45) is 2.86. The van der Waals surface area contributed by atoms with Gasteiger partial charge < -0.3 is 10.2 Å². The predicted molar refractivity (Wildman–Crippen MR) is 62.9 cm³/mol. The third-order valence-electron chi connectivity index (χ3n) is 3.40. The molecule has 2 N–H and O–H groups in total. The largest absolute Gasteiger partial charge is 0.468 e. The van der Waals surface area contributed by atoms with Crippen LogP contribution in [0.15, 0.2) is 53.1 Å². The van der Waals surface area contributed by atoms with Gasteiger partial charge in [0.2, 0.25) is 0 Å². The number of nitrogens with two attached hydrogens (primary N) is 1. The highest BCUT2D eigenvalue weighted by atomic mass is 16.3. The van der Waals surface area contributed by atoms with Crippen molar-refractivity contribution in [2.24, 2.45) is 11.7 Å². The van der Waals surface area contributed by atoms with Gasteiger partial charge in [0.1, 0.15) is 5.76 Å². The van der Waals surface area contributed by atoms with Crippen molar-refractivity contribution < 1.29 is 4.42 Å². The third kappa shape index (κ3) is 1.65. The van der Waals surface area contributed by atoms with Crippen molar-refractivity contribution in [2.45, 2.75) is 18.4 Å². The molecular formula is C14H15NO. The third-order valence-corrected chi connectivity index (χ3v) is 3.40. The molecule has 0 spiro atoms. The van der Waals surface area contributed by atoms with E-state index >= 15 is 0 Å². The van der Waals surface area contributed by atoms with E-state index in [2.05, 4.69) is 24.3 Å². The van der Waals surface area contributed by atoms with Crippen LogP contribution in [0.4, 0.5) is 0 Å². The minimum atomic E-state index is 0.0419. The maximum Gasteiger partial charge on any atom is 0.120 e. The van der Waals surface area contributed by atoms with Gasteiger partial charge in [-0.15, -0.1) is 0 Å². The minimum absolute atomic E-state index is 0.0419. The van der Waals surface area contributed by atoms with E-state index in [1.807, 2.05) is 18.2 Å². The Hall–Kier alpha value is -1.54. The smallest absolute Gasteiger partial charge is 0.120 e. The molecular weight excluding hydrogens is 198 g/mol. The first-order valence-electron chi connectivity index (χ1n) is 5.70. The predicted octanol–water partition coefficient (Wildman–Crippen LogP) is 3.08. The van der Waals surface area contributed by atoms with Gasteiger partial charge in [0.05, 0.1) is 12.3 Å². The minimum Gasteiger partial charge on any atom is -0.468 e. The maximum absolute atomic E-state index is 6.18. The van der Waals surface area contributed by atoms with Gasteiger partial charge in [0.25, 0.3) is 0 Å². The summed E-state index contributed by atoms with van der Waals surface area (Å²) in [4.78, 5) is 0. The summed E-state index contributed by atoms with van der Waals surface area (Å²) in [6, 6.07) is 14.5. The number of furan rings is 1. The summed E-state index contributed by atoms with van der Waals surface area (Å²) in [5.41, 5.74) is 7.58. The van der Waals surface area contributed by atoms with Gasteiger partial charge in [-0.1, -0.05) is 30.3 Å². The van der Waals surface area contributed by atoms with E-state index in [-0.39, 0.29) is 6.04 Å². The van der Waals surface area contributed by atoms with Crippen molar-refractivity contribution in [1.82, 2.24) is 0 Å². The Morgan fingerprint density at radius 2 is 1.94 bits per heavy atom. The summed E-state index contributed by atoms with van der Waals surface area (Å²) in [6.45, 7) is 0. The molecule has 0 saturated heterocycles. The molecule has 1 aliphatic carbocycles. The van der Waals surface area contributed by atoms with Crippen molar-refractivity contribution in [2.75, 3.05) is 0 Å². The van der Waals surface area contributed by atoms with Crippen molar-refractivity contribution in [3.8, 4) is 0 Å². The summed E-state index contributed by atoms with van der Waals surface area (Å²) < 4.78 is 5.36. The fourth-order valence-electron chi connectivity index (χ4n) is 2.39. The van der Waals surface area contributed by atoms with Crippen molar-refractivity contribution in [3.05, 3.63) is 60.1 Å². The van der Waals surface area contributed by atoms with E-state index in [9.17, 15) is 0 Å². The van der Waals surface area contributed by atoms with E-state index in [1.54, 1.807) is 6.26 Å². The topological polar surface area (TPSA) is 39.2 Å². The zero-order valence-electron chi connectivity index (χ0n) is 9.04. The standard InChI is InChI=1S/C14H15NO/c15-14(13-7-4-8-16-13)12-9-11(12)10-5-2-1-3-6-10/h1-8,11-12,14H,9,15H2/t11-,12+,14+/m1/s1. The van der Waals surface area contributed by atoms with Crippen molar-refractivity contribution >= 4 is 0 Å². The Labute approximate surface area is 95.1 Å². The van der Waals surface area contributed by atoms with Gasteiger partial charge in [0, 0.05) is 0 Å². The Morgan fingerprint density at radius 1 is 1.12 bits per heavy atom. The van der Waals surface area contributed by atoms with Crippen LogP contribution in [0.2, 0.25) is 0 Å². The molecule has 2 aromatic rings. The average Bonchev–Trinajstić information content (AvgIpc) is 2.95. The molecule has 1 saturated carbocycles. The second-order valence-electron chi connectivity index (χ2n) is 4.46. The molecule has 1 aromatic carbocycles. The number of rotatable bonds is 3. The quantitative estimate of drug-likeness (QED) is 0.851. The fourth-order valence-corrected chi connectivity index (χ4v) is 2.39. The van der Waals surface area contributed by atoms with Crippen molar-refractivity contribution in [3.63, 3.8) is 0 Å². The van der Waals surface area contributed by atoms with E-state index in [1.165, 1.54) is 12.0 Å². The molecule has 2 nitrogen and oxygen atoms in total. The Kier molecular flexibility index (Phi) is 2.29. The molecule has 3 rings (SSSR count). The second kappa shape index (κ2) is 3.80. The number of hydrogen-bond acceptors (Lipinski definition) is 2. The molecule has 3 atom stereocenters. The molecule has 1 aromatic heterocycles. The lowest BCUT2D eigenvalue weighted by molar-refractivity contribution is 0.439. The van der Waals surface area contributed by atoms with Crippen LogP contribution in [-0.4, -0.2) is 0 Å². The summed E-state index contributed by atoms with van der Waals surface area (Å²) in [5, 5.41) is 0. The molecule has 0 bridgehead atoms. The van der Waals surface area contributed by atoms with Crippen LogP contribution < -0.4 is 5.73 Å². The highest BCUT2D eigenvalue weighted by molar-refractivity contribution is 5.27. The fraction of sp³-hybridized carbons (Fsp3) is 0.286. The van der Waals surface area contributed by atoms with Crippen LogP contribution in [0, 0.1) is 5.92 Å². The molecule has 2 heteroatoms. The van der Waals surface area contributed by atoms with Crippen LogP contribution in [0.3, 0.4) is 0 Å². The first kappa shape index (κ1) is 9.67. The lowest BCUT2D eigenvalue weighted by Crippen LogP contribution is -2.12. The summed E-state index contributed by atoms with van der Waals surface area (Å²) in [5.74, 6) is 2.05. The Bertz CT molecular complexity index is 449. The second-order valence-corrected chi connectivity index (χ2v) is 4.46. The molecule has 0 radical (unpaired) electrons. The SMILES string of the molecule is N[C@H](c1ccco1)[C@H]1C[C@@H]1c1ccccc1. The lowest BCUT2D eigenvalue weighted by Gasteiger charge is -2.07. The Morgan fingerprint density at radius 3 is 2.62 bits per heavy atom. The van der Waals surface area contributed by atoms with E-state index < -0.39 is 0 Å². The van der Waals surface area contributed by atoms with Gasteiger partial charge in [-0.3, -0.25) is 0 Å². The van der Waals surface area contributed by atoms with E-state index in [4.69, 9.17) is 10.2 Å². The molecule has 1 aliphatic rings. The molecule has 0 unspecified atom stereocenters. The normalized spacial score (nSPS) is 25.3. The first-order chi connectivity index (χ1) is 7.86. The monoisotopic (exact) mass is 213 g/mol.